The van der Waals surface area contributed by atoms with E-state index in [1.54, 1.807) is 12.0 Å². The van der Waals surface area contributed by atoms with Crippen LogP contribution in [0.4, 0.5) is 0 Å². The second kappa shape index (κ2) is 12.9. The van der Waals surface area contributed by atoms with E-state index in [1.807, 2.05) is 65.2 Å². The van der Waals surface area contributed by atoms with Crippen LogP contribution in [0.25, 0.3) is 0 Å². The zero-order valence-electron chi connectivity index (χ0n) is 18.5. The predicted octanol–water partition coefficient (Wildman–Crippen LogP) is 3.26. The first kappa shape index (κ1) is 23.7. The van der Waals surface area contributed by atoms with E-state index in [0.717, 1.165) is 24.1 Å². The second-order valence-corrected chi connectivity index (χ2v) is 7.60. The van der Waals surface area contributed by atoms with Crippen molar-refractivity contribution in [2.75, 3.05) is 33.4 Å². The Kier molecular flexibility index (Phi) is 10.1. The number of carbonyl (C=O) groups excluding carboxylic acids is 2. The number of hydrogen-bond donors (Lipinski definition) is 0. The molecule has 0 unspecified atom stereocenters. The minimum atomic E-state index is -0.0278. The zero-order chi connectivity index (χ0) is 21.8. The van der Waals surface area contributed by atoms with Crippen LogP contribution in [0.1, 0.15) is 37.4 Å². The van der Waals surface area contributed by atoms with Crippen molar-refractivity contribution in [3.63, 3.8) is 0 Å². The molecule has 2 amide bonds. The Morgan fingerprint density at radius 2 is 1.70 bits per heavy atom. The highest BCUT2D eigenvalue weighted by Crippen LogP contribution is 2.10. The van der Waals surface area contributed by atoms with Gasteiger partial charge in [0.25, 0.3) is 0 Å². The van der Waals surface area contributed by atoms with Crippen LogP contribution in [0.15, 0.2) is 48.7 Å². The summed E-state index contributed by atoms with van der Waals surface area (Å²) >= 11 is 0. The van der Waals surface area contributed by atoms with Gasteiger partial charge in [-0.2, -0.15) is 0 Å². The van der Waals surface area contributed by atoms with Gasteiger partial charge in [0.15, 0.2) is 0 Å². The van der Waals surface area contributed by atoms with Gasteiger partial charge in [0.2, 0.25) is 11.8 Å². The molecule has 0 bridgehead atoms. The lowest BCUT2D eigenvalue weighted by Gasteiger charge is -2.28. The Morgan fingerprint density at radius 3 is 2.33 bits per heavy atom. The van der Waals surface area contributed by atoms with E-state index < -0.39 is 0 Å². The molecule has 2 aromatic rings. The number of hydrogen-bond acceptors (Lipinski definition) is 3. The third-order valence-electron chi connectivity index (χ3n) is 5.19. The van der Waals surface area contributed by atoms with Gasteiger partial charge in [0.05, 0.1) is 19.5 Å². The minimum absolute atomic E-state index is 0.0107. The molecule has 1 aromatic heterocycles. The van der Waals surface area contributed by atoms with Gasteiger partial charge in [0, 0.05) is 45.7 Å². The standard InChI is InChI=1S/C24H35N3O3/c1-4-5-15-26(19-22-13-9-14-25(22)2)24(29)20-27(16-10-17-30-3)23(28)18-21-11-7-6-8-12-21/h6-9,11-14H,4-5,10,15-20H2,1-3H3. The van der Waals surface area contributed by atoms with Gasteiger partial charge in [-0.05, 0) is 30.5 Å². The normalized spacial score (nSPS) is 10.8. The van der Waals surface area contributed by atoms with Gasteiger partial charge in [0.1, 0.15) is 0 Å². The summed E-state index contributed by atoms with van der Waals surface area (Å²) in [6.45, 7) is 4.54. The second-order valence-electron chi connectivity index (χ2n) is 7.60. The summed E-state index contributed by atoms with van der Waals surface area (Å²) in [7, 11) is 3.63. The van der Waals surface area contributed by atoms with Crippen molar-refractivity contribution in [3.05, 3.63) is 59.9 Å². The van der Waals surface area contributed by atoms with E-state index in [9.17, 15) is 9.59 Å². The molecule has 0 N–H and O–H groups in total. The molecular formula is C24H35N3O3. The van der Waals surface area contributed by atoms with Crippen molar-refractivity contribution in [2.45, 2.75) is 39.2 Å². The highest BCUT2D eigenvalue weighted by molar-refractivity contribution is 5.85. The lowest BCUT2D eigenvalue weighted by molar-refractivity contribution is -0.140. The van der Waals surface area contributed by atoms with Crippen molar-refractivity contribution >= 4 is 11.8 Å². The van der Waals surface area contributed by atoms with Crippen molar-refractivity contribution in [3.8, 4) is 0 Å². The van der Waals surface area contributed by atoms with E-state index in [2.05, 4.69) is 6.92 Å². The van der Waals surface area contributed by atoms with Crippen LogP contribution in [0.3, 0.4) is 0 Å². The molecule has 6 heteroatoms. The number of ether oxygens (including phenoxy) is 1. The van der Waals surface area contributed by atoms with Gasteiger partial charge in [-0.1, -0.05) is 43.7 Å². The van der Waals surface area contributed by atoms with Crippen LogP contribution in [-0.4, -0.2) is 59.5 Å². The summed E-state index contributed by atoms with van der Waals surface area (Å²) in [4.78, 5) is 29.7. The van der Waals surface area contributed by atoms with Crippen molar-refractivity contribution < 1.29 is 14.3 Å². The fraction of sp³-hybridized carbons (Fsp3) is 0.500. The van der Waals surface area contributed by atoms with Crippen LogP contribution in [0.2, 0.25) is 0 Å². The molecule has 164 valence electrons. The lowest BCUT2D eigenvalue weighted by Crippen LogP contribution is -2.44. The molecule has 1 heterocycles. The number of carbonyl (C=O) groups is 2. The van der Waals surface area contributed by atoms with Gasteiger partial charge < -0.3 is 19.1 Å². The summed E-state index contributed by atoms with van der Waals surface area (Å²) in [5.41, 5.74) is 2.04. The highest BCUT2D eigenvalue weighted by Gasteiger charge is 2.22. The highest BCUT2D eigenvalue weighted by atomic mass is 16.5. The summed E-state index contributed by atoms with van der Waals surface area (Å²) in [5.74, 6) is -0.0385. The Labute approximate surface area is 180 Å². The topological polar surface area (TPSA) is 54.8 Å². The largest absolute Gasteiger partial charge is 0.385 e. The van der Waals surface area contributed by atoms with E-state index >= 15 is 0 Å². The monoisotopic (exact) mass is 413 g/mol. The molecule has 0 aliphatic heterocycles. The Bertz CT molecular complexity index is 773. The van der Waals surface area contributed by atoms with Crippen LogP contribution in [0, 0.1) is 0 Å². The number of benzene rings is 1. The fourth-order valence-electron chi connectivity index (χ4n) is 3.33. The van der Waals surface area contributed by atoms with Crippen LogP contribution >= 0.6 is 0 Å². The summed E-state index contributed by atoms with van der Waals surface area (Å²) in [6.07, 6.45) is 4.95. The third-order valence-corrected chi connectivity index (χ3v) is 5.19. The molecule has 30 heavy (non-hydrogen) atoms. The van der Waals surface area contributed by atoms with Crippen molar-refractivity contribution in [2.24, 2.45) is 7.05 Å². The molecule has 0 saturated heterocycles. The fourth-order valence-corrected chi connectivity index (χ4v) is 3.33. The zero-order valence-corrected chi connectivity index (χ0v) is 18.5. The first-order valence-electron chi connectivity index (χ1n) is 10.7. The van der Waals surface area contributed by atoms with Crippen LogP contribution in [0.5, 0.6) is 0 Å². The molecular weight excluding hydrogens is 378 g/mol. The molecule has 1 aromatic carbocycles. The molecule has 2 rings (SSSR count). The van der Waals surface area contributed by atoms with Gasteiger partial charge >= 0.3 is 0 Å². The van der Waals surface area contributed by atoms with E-state index in [-0.39, 0.29) is 18.4 Å². The maximum Gasteiger partial charge on any atom is 0.242 e. The molecule has 0 radical (unpaired) electrons. The number of amides is 2. The predicted molar refractivity (Wildman–Crippen MR) is 119 cm³/mol. The van der Waals surface area contributed by atoms with Gasteiger partial charge in [-0.3, -0.25) is 9.59 Å². The average Bonchev–Trinajstić information content (AvgIpc) is 3.15. The summed E-state index contributed by atoms with van der Waals surface area (Å²) in [6, 6.07) is 13.7. The van der Waals surface area contributed by atoms with Crippen LogP contribution in [-0.2, 0) is 34.3 Å². The maximum absolute atomic E-state index is 13.2. The number of unbranched alkanes of at least 4 members (excludes halogenated alkanes) is 1. The number of nitrogens with zero attached hydrogens (tertiary/aromatic N) is 3. The molecule has 0 spiro atoms. The number of rotatable bonds is 13. The van der Waals surface area contributed by atoms with E-state index in [0.29, 0.717) is 39.1 Å². The smallest absolute Gasteiger partial charge is 0.242 e. The van der Waals surface area contributed by atoms with Gasteiger partial charge in [-0.15, -0.1) is 0 Å². The molecule has 6 nitrogen and oxygen atoms in total. The molecule has 0 fully saturated rings. The Balaban J connectivity index is 2.08. The number of methoxy groups -OCH3 is 1. The van der Waals surface area contributed by atoms with Crippen LogP contribution < -0.4 is 0 Å². The number of aromatic nitrogens is 1. The summed E-state index contributed by atoms with van der Waals surface area (Å²) < 4.78 is 7.17. The first-order chi connectivity index (χ1) is 14.5. The van der Waals surface area contributed by atoms with E-state index in [4.69, 9.17) is 4.74 Å². The maximum atomic E-state index is 13.2. The minimum Gasteiger partial charge on any atom is -0.385 e. The molecule has 0 aliphatic rings. The summed E-state index contributed by atoms with van der Waals surface area (Å²) in [5, 5.41) is 0. The Hall–Kier alpha value is -2.60. The first-order valence-corrected chi connectivity index (χ1v) is 10.7. The molecule has 0 aliphatic carbocycles. The van der Waals surface area contributed by atoms with Crippen molar-refractivity contribution in [1.29, 1.82) is 0 Å². The number of aryl methyl sites for hydroxylation is 1. The Morgan fingerprint density at radius 1 is 0.967 bits per heavy atom. The average molecular weight is 414 g/mol. The quantitative estimate of drug-likeness (QED) is 0.474. The lowest BCUT2D eigenvalue weighted by atomic mass is 10.1. The van der Waals surface area contributed by atoms with Crippen molar-refractivity contribution in [1.82, 2.24) is 14.4 Å². The SMILES string of the molecule is CCCCN(Cc1cccn1C)C(=O)CN(CCCOC)C(=O)Cc1ccccc1. The van der Waals surface area contributed by atoms with E-state index in [1.165, 1.54) is 0 Å². The molecule has 0 saturated carbocycles. The van der Waals surface area contributed by atoms with Gasteiger partial charge in [-0.25, -0.2) is 0 Å². The molecule has 0 atom stereocenters. The third kappa shape index (κ3) is 7.67.